The van der Waals surface area contributed by atoms with Crippen molar-refractivity contribution < 1.29 is 0 Å². The molecule has 0 atom stereocenters. The molecular weight excluding hydrogens is 242 g/mol. The van der Waals surface area contributed by atoms with Crippen molar-refractivity contribution >= 4 is 17.5 Å². The Labute approximate surface area is 109 Å². The summed E-state index contributed by atoms with van der Waals surface area (Å²) in [5, 5.41) is 0. The van der Waals surface area contributed by atoms with Crippen molar-refractivity contribution in [1.82, 2.24) is 29.9 Å². The Hall–Kier alpha value is -2.96. The first-order valence-electron chi connectivity index (χ1n) is 5.53. The fourth-order valence-electron chi connectivity index (χ4n) is 1.57. The van der Waals surface area contributed by atoms with Gasteiger partial charge in [-0.15, -0.1) is 0 Å². The summed E-state index contributed by atoms with van der Waals surface area (Å²) in [6.07, 6.45) is 14.5. The molecule has 0 aliphatic rings. The molecule has 3 aromatic heterocycles. The van der Waals surface area contributed by atoms with Gasteiger partial charge in [0.05, 0.1) is 18.6 Å². The summed E-state index contributed by atoms with van der Waals surface area (Å²) >= 11 is 0. The van der Waals surface area contributed by atoms with Gasteiger partial charge in [-0.2, -0.15) is 0 Å². The molecular formula is C12H9N7. The van der Waals surface area contributed by atoms with Crippen LogP contribution in [0.25, 0.3) is 0 Å². The van der Waals surface area contributed by atoms with Crippen LogP contribution in [-0.2, 0) is 0 Å². The molecule has 7 nitrogen and oxygen atoms in total. The zero-order valence-electron chi connectivity index (χ0n) is 9.83. The lowest BCUT2D eigenvalue weighted by Gasteiger charge is -2.19. The van der Waals surface area contributed by atoms with Gasteiger partial charge in [0, 0.05) is 37.2 Å². The highest BCUT2D eigenvalue weighted by Gasteiger charge is 2.15. The minimum atomic E-state index is 0.600. The van der Waals surface area contributed by atoms with Gasteiger partial charge in [0.15, 0.2) is 17.5 Å². The summed E-state index contributed by atoms with van der Waals surface area (Å²) in [5.74, 6) is 1.80. The van der Waals surface area contributed by atoms with Crippen LogP contribution in [0, 0.1) is 0 Å². The van der Waals surface area contributed by atoms with Gasteiger partial charge in [0.2, 0.25) is 0 Å². The van der Waals surface area contributed by atoms with Crippen molar-refractivity contribution in [2.75, 3.05) is 4.90 Å². The van der Waals surface area contributed by atoms with Crippen molar-refractivity contribution in [3.63, 3.8) is 0 Å². The van der Waals surface area contributed by atoms with Gasteiger partial charge in [0.25, 0.3) is 0 Å². The van der Waals surface area contributed by atoms with Crippen molar-refractivity contribution in [3.05, 3.63) is 55.8 Å². The molecule has 92 valence electrons. The topological polar surface area (TPSA) is 80.6 Å². The third-order valence-corrected chi connectivity index (χ3v) is 2.34. The molecule has 0 aromatic carbocycles. The highest BCUT2D eigenvalue weighted by Crippen LogP contribution is 2.27. The largest absolute Gasteiger partial charge is 0.259 e. The van der Waals surface area contributed by atoms with Gasteiger partial charge in [-0.3, -0.25) is 19.9 Å². The number of hydrogen-bond acceptors (Lipinski definition) is 7. The Kier molecular flexibility index (Phi) is 3.01. The third kappa shape index (κ3) is 2.34. The molecule has 0 spiro atoms. The molecule has 0 N–H and O–H groups in total. The molecule has 3 rings (SSSR count). The van der Waals surface area contributed by atoms with Crippen LogP contribution in [0.4, 0.5) is 17.5 Å². The molecule has 19 heavy (non-hydrogen) atoms. The van der Waals surface area contributed by atoms with Gasteiger partial charge in [0.1, 0.15) is 0 Å². The third-order valence-electron chi connectivity index (χ3n) is 2.34. The van der Waals surface area contributed by atoms with E-state index in [1.54, 1.807) is 60.7 Å². The molecule has 0 fully saturated rings. The van der Waals surface area contributed by atoms with Crippen LogP contribution in [-0.4, -0.2) is 29.9 Å². The van der Waals surface area contributed by atoms with Gasteiger partial charge < -0.3 is 0 Å². The average Bonchev–Trinajstić information content (AvgIpc) is 2.51. The van der Waals surface area contributed by atoms with Crippen LogP contribution in [0.1, 0.15) is 0 Å². The second-order valence-corrected chi connectivity index (χ2v) is 3.53. The molecule has 0 unspecified atom stereocenters. The summed E-state index contributed by atoms with van der Waals surface area (Å²) < 4.78 is 0. The smallest absolute Gasteiger partial charge is 0.158 e. The second kappa shape index (κ2) is 5.13. The lowest BCUT2D eigenvalue weighted by Crippen LogP contribution is -2.14. The summed E-state index contributed by atoms with van der Waals surface area (Å²) in [5.41, 5.74) is 0. The standard InChI is InChI=1S/C12H9N7/c1-4-16-10(7-13-1)19(11-8-14-2-5-17-11)12-9-15-3-6-18-12/h1-9H. The molecule has 0 amide bonds. The van der Waals surface area contributed by atoms with Crippen molar-refractivity contribution in [2.45, 2.75) is 0 Å². The van der Waals surface area contributed by atoms with Crippen LogP contribution in [0.15, 0.2) is 55.8 Å². The fourth-order valence-corrected chi connectivity index (χ4v) is 1.57. The van der Waals surface area contributed by atoms with E-state index in [0.29, 0.717) is 17.5 Å². The Bertz CT molecular complexity index is 536. The van der Waals surface area contributed by atoms with Crippen LogP contribution in [0.5, 0.6) is 0 Å². The maximum atomic E-state index is 4.26. The van der Waals surface area contributed by atoms with Crippen molar-refractivity contribution in [2.24, 2.45) is 0 Å². The van der Waals surface area contributed by atoms with E-state index in [-0.39, 0.29) is 0 Å². The monoisotopic (exact) mass is 251 g/mol. The SMILES string of the molecule is c1cnc(N(c2cnccn2)c2cnccn2)cn1. The first kappa shape index (κ1) is 11.1. The normalized spacial score (nSPS) is 10.1. The molecule has 7 heteroatoms. The molecule has 0 radical (unpaired) electrons. The Morgan fingerprint density at radius 1 is 0.526 bits per heavy atom. The van der Waals surface area contributed by atoms with E-state index in [2.05, 4.69) is 29.9 Å². The van der Waals surface area contributed by atoms with Gasteiger partial charge in [-0.05, 0) is 0 Å². The molecule has 0 saturated carbocycles. The number of aromatic nitrogens is 6. The Morgan fingerprint density at radius 3 is 1.16 bits per heavy atom. The molecule has 3 heterocycles. The highest BCUT2D eigenvalue weighted by atomic mass is 15.3. The summed E-state index contributed by atoms with van der Waals surface area (Å²) in [7, 11) is 0. The maximum Gasteiger partial charge on any atom is 0.158 e. The van der Waals surface area contributed by atoms with E-state index in [0.717, 1.165) is 0 Å². The van der Waals surface area contributed by atoms with Gasteiger partial charge in [-0.1, -0.05) is 0 Å². The van der Waals surface area contributed by atoms with Crippen molar-refractivity contribution in [1.29, 1.82) is 0 Å². The van der Waals surface area contributed by atoms with E-state index in [9.17, 15) is 0 Å². The van der Waals surface area contributed by atoms with Crippen LogP contribution >= 0.6 is 0 Å². The Balaban J connectivity index is 2.12. The predicted molar refractivity (Wildman–Crippen MR) is 67.9 cm³/mol. The zero-order valence-corrected chi connectivity index (χ0v) is 9.83. The Morgan fingerprint density at radius 2 is 0.895 bits per heavy atom. The van der Waals surface area contributed by atoms with Crippen LogP contribution < -0.4 is 4.90 Å². The number of rotatable bonds is 3. The van der Waals surface area contributed by atoms with Crippen LogP contribution in [0.2, 0.25) is 0 Å². The quantitative estimate of drug-likeness (QED) is 0.698. The first-order valence-corrected chi connectivity index (χ1v) is 5.53. The zero-order chi connectivity index (χ0) is 12.9. The minimum Gasteiger partial charge on any atom is -0.259 e. The molecule has 0 aliphatic heterocycles. The number of hydrogen-bond donors (Lipinski definition) is 0. The van der Waals surface area contributed by atoms with Gasteiger partial charge >= 0.3 is 0 Å². The first-order chi connectivity index (χ1) is 9.45. The maximum absolute atomic E-state index is 4.26. The van der Waals surface area contributed by atoms with Crippen molar-refractivity contribution in [3.8, 4) is 0 Å². The summed E-state index contributed by atoms with van der Waals surface area (Å²) in [6.45, 7) is 0. The summed E-state index contributed by atoms with van der Waals surface area (Å²) in [4.78, 5) is 26.7. The average molecular weight is 251 g/mol. The van der Waals surface area contributed by atoms with E-state index in [4.69, 9.17) is 0 Å². The lowest BCUT2D eigenvalue weighted by atomic mass is 10.4. The van der Waals surface area contributed by atoms with E-state index in [1.807, 2.05) is 0 Å². The minimum absolute atomic E-state index is 0.600. The van der Waals surface area contributed by atoms with Crippen LogP contribution in [0.3, 0.4) is 0 Å². The lowest BCUT2D eigenvalue weighted by molar-refractivity contribution is 1.03. The molecule has 0 bridgehead atoms. The predicted octanol–water partition coefficient (Wildman–Crippen LogP) is 1.53. The fraction of sp³-hybridized carbons (Fsp3) is 0. The van der Waals surface area contributed by atoms with E-state index in [1.165, 1.54) is 0 Å². The highest BCUT2D eigenvalue weighted by molar-refractivity contribution is 5.67. The van der Waals surface area contributed by atoms with E-state index < -0.39 is 0 Å². The molecule has 0 saturated heterocycles. The summed E-state index contributed by atoms with van der Waals surface area (Å²) in [6, 6.07) is 0. The second-order valence-electron chi connectivity index (χ2n) is 3.53. The molecule has 0 aliphatic carbocycles. The number of anilines is 3. The molecule has 3 aromatic rings. The van der Waals surface area contributed by atoms with E-state index >= 15 is 0 Å². The van der Waals surface area contributed by atoms with Gasteiger partial charge in [-0.25, -0.2) is 15.0 Å². The number of nitrogens with zero attached hydrogens (tertiary/aromatic N) is 7.